The molecule has 0 radical (unpaired) electrons. The molecule has 2 aromatic heterocycles. The fourth-order valence-corrected chi connectivity index (χ4v) is 2.58. The molecule has 0 bridgehead atoms. The molecule has 0 fully saturated rings. The van der Waals surface area contributed by atoms with Gasteiger partial charge in [-0.2, -0.15) is 13.2 Å². The van der Waals surface area contributed by atoms with Gasteiger partial charge in [-0.25, -0.2) is 14.4 Å². The van der Waals surface area contributed by atoms with Crippen molar-refractivity contribution < 1.29 is 27.1 Å². The summed E-state index contributed by atoms with van der Waals surface area (Å²) in [6.45, 7) is 1.81. The molecule has 2 heterocycles. The average Bonchev–Trinajstić information content (AvgIpc) is 2.53. The van der Waals surface area contributed by atoms with Crippen LogP contribution in [0.5, 0.6) is 0 Å². The number of thioether (sulfide) groups is 1. The summed E-state index contributed by atoms with van der Waals surface area (Å²) in [5.74, 6) is -1.69. The van der Waals surface area contributed by atoms with E-state index in [1.54, 1.807) is 6.92 Å². The van der Waals surface area contributed by atoms with Crippen molar-refractivity contribution >= 4 is 29.3 Å². The van der Waals surface area contributed by atoms with Gasteiger partial charge >= 0.3 is 12.1 Å². The molecule has 0 aromatic carbocycles. The van der Waals surface area contributed by atoms with Crippen LogP contribution in [0, 0.1) is 5.82 Å². The van der Waals surface area contributed by atoms with Crippen LogP contribution in [0.15, 0.2) is 23.5 Å². The first-order chi connectivity index (χ1) is 11.7. The predicted molar refractivity (Wildman–Crippen MR) is 82.6 cm³/mol. The Kier molecular flexibility index (Phi) is 6.17. The molecular formula is C14H10ClF4N3O2S. The highest BCUT2D eigenvalue weighted by Gasteiger charge is 2.32. The van der Waals surface area contributed by atoms with Crippen molar-refractivity contribution in [3.05, 3.63) is 34.9 Å². The second-order valence-electron chi connectivity index (χ2n) is 4.49. The Labute approximate surface area is 148 Å². The van der Waals surface area contributed by atoms with Crippen LogP contribution in [-0.2, 0) is 15.7 Å². The number of carbonyl (C=O) groups is 1. The zero-order valence-electron chi connectivity index (χ0n) is 12.6. The summed E-state index contributed by atoms with van der Waals surface area (Å²) in [6, 6.07) is 0.683. The molecular weight excluding hydrogens is 386 g/mol. The Bertz CT molecular complexity index is 789. The first kappa shape index (κ1) is 19.4. The monoisotopic (exact) mass is 395 g/mol. The highest BCUT2D eigenvalue weighted by molar-refractivity contribution is 7.99. The molecule has 25 heavy (non-hydrogen) atoms. The normalized spacial score (nSPS) is 11.4. The molecule has 0 aliphatic carbocycles. The summed E-state index contributed by atoms with van der Waals surface area (Å²) < 4.78 is 56.4. The summed E-state index contributed by atoms with van der Waals surface area (Å²) in [5, 5.41) is -0.501. The maximum Gasteiger partial charge on any atom is 0.417 e. The third-order valence-corrected chi connectivity index (χ3v) is 3.95. The van der Waals surface area contributed by atoms with Gasteiger partial charge in [-0.15, -0.1) is 0 Å². The highest BCUT2D eigenvalue weighted by Crippen LogP contribution is 2.33. The molecule has 0 atom stereocenters. The highest BCUT2D eigenvalue weighted by atomic mass is 35.5. The van der Waals surface area contributed by atoms with E-state index >= 15 is 0 Å². The van der Waals surface area contributed by atoms with Gasteiger partial charge in [0.2, 0.25) is 0 Å². The first-order valence-electron chi connectivity index (χ1n) is 6.76. The van der Waals surface area contributed by atoms with Gasteiger partial charge in [-0.1, -0.05) is 23.4 Å². The standard InChI is InChI=1S/C14H10ClF4N3O2S/c1-2-24-10(23)6-25-13-9(16)5-21-12(22-13)11-8(15)3-7(4-20-11)14(17,18)19/h3-5H,2,6H2,1H3. The minimum Gasteiger partial charge on any atom is -0.465 e. The summed E-state index contributed by atoms with van der Waals surface area (Å²) in [4.78, 5) is 22.5. The van der Waals surface area contributed by atoms with Gasteiger partial charge < -0.3 is 4.74 Å². The number of carbonyl (C=O) groups excluding carboxylic acids is 1. The van der Waals surface area contributed by atoms with Crippen molar-refractivity contribution in [2.75, 3.05) is 12.4 Å². The number of alkyl halides is 3. The van der Waals surface area contributed by atoms with E-state index in [1.165, 1.54) is 0 Å². The zero-order chi connectivity index (χ0) is 18.6. The lowest BCUT2D eigenvalue weighted by atomic mass is 10.2. The first-order valence-corrected chi connectivity index (χ1v) is 8.12. The maximum absolute atomic E-state index is 13.7. The van der Waals surface area contributed by atoms with E-state index in [2.05, 4.69) is 15.0 Å². The fourth-order valence-electron chi connectivity index (χ4n) is 1.65. The van der Waals surface area contributed by atoms with Gasteiger partial charge in [-0.05, 0) is 13.0 Å². The fraction of sp³-hybridized carbons (Fsp3) is 0.286. The van der Waals surface area contributed by atoms with Gasteiger partial charge in [-0.3, -0.25) is 9.78 Å². The Morgan fingerprint density at radius 3 is 2.64 bits per heavy atom. The van der Waals surface area contributed by atoms with Gasteiger partial charge in [0.15, 0.2) is 11.6 Å². The largest absolute Gasteiger partial charge is 0.465 e. The van der Waals surface area contributed by atoms with E-state index in [0.29, 0.717) is 12.3 Å². The Balaban J connectivity index is 2.28. The SMILES string of the molecule is CCOC(=O)CSc1nc(-c2ncc(C(F)(F)F)cc2Cl)ncc1F. The van der Waals surface area contributed by atoms with E-state index in [9.17, 15) is 22.4 Å². The molecule has 0 spiro atoms. The number of aromatic nitrogens is 3. The van der Waals surface area contributed by atoms with Crippen molar-refractivity contribution in [3.63, 3.8) is 0 Å². The minimum absolute atomic E-state index is 0.132. The molecule has 0 unspecified atom stereocenters. The number of ether oxygens (including phenoxy) is 1. The number of hydrogen-bond acceptors (Lipinski definition) is 6. The maximum atomic E-state index is 13.7. The summed E-state index contributed by atoms with van der Waals surface area (Å²) in [5.41, 5.74) is -1.16. The second-order valence-corrected chi connectivity index (χ2v) is 5.86. The van der Waals surface area contributed by atoms with Gasteiger partial charge in [0.05, 0.1) is 29.1 Å². The van der Waals surface area contributed by atoms with Crippen LogP contribution >= 0.6 is 23.4 Å². The van der Waals surface area contributed by atoms with Crippen LogP contribution in [0.2, 0.25) is 5.02 Å². The molecule has 0 N–H and O–H groups in total. The summed E-state index contributed by atoms with van der Waals surface area (Å²) in [7, 11) is 0. The molecule has 0 saturated heterocycles. The molecule has 2 rings (SSSR count). The lowest BCUT2D eigenvalue weighted by Crippen LogP contribution is -2.08. The molecule has 134 valence electrons. The van der Waals surface area contributed by atoms with Crippen LogP contribution in [0.3, 0.4) is 0 Å². The van der Waals surface area contributed by atoms with Crippen molar-refractivity contribution in [1.82, 2.24) is 15.0 Å². The van der Waals surface area contributed by atoms with E-state index in [-0.39, 0.29) is 33.9 Å². The van der Waals surface area contributed by atoms with Crippen LogP contribution < -0.4 is 0 Å². The number of pyridine rings is 1. The number of rotatable bonds is 5. The Morgan fingerprint density at radius 1 is 1.32 bits per heavy atom. The van der Waals surface area contributed by atoms with Crippen LogP contribution in [0.1, 0.15) is 12.5 Å². The summed E-state index contributed by atoms with van der Waals surface area (Å²) >= 11 is 6.58. The van der Waals surface area contributed by atoms with E-state index < -0.39 is 23.5 Å². The Hall–Kier alpha value is -1.94. The number of halogens is 5. The van der Waals surface area contributed by atoms with Gasteiger partial charge in [0.1, 0.15) is 10.7 Å². The second kappa shape index (κ2) is 7.96. The quantitative estimate of drug-likeness (QED) is 0.330. The van der Waals surface area contributed by atoms with Gasteiger partial charge in [0.25, 0.3) is 0 Å². The van der Waals surface area contributed by atoms with Crippen molar-refractivity contribution in [3.8, 4) is 11.5 Å². The van der Waals surface area contributed by atoms with E-state index in [4.69, 9.17) is 16.3 Å². The number of esters is 1. The molecule has 5 nitrogen and oxygen atoms in total. The van der Waals surface area contributed by atoms with Crippen LogP contribution in [0.25, 0.3) is 11.5 Å². The summed E-state index contributed by atoms with van der Waals surface area (Å²) in [6.07, 6.45) is -3.19. The minimum atomic E-state index is -4.60. The predicted octanol–water partition coefficient (Wildman–Crippen LogP) is 4.01. The van der Waals surface area contributed by atoms with E-state index in [1.807, 2.05) is 0 Å². The average molecular weight is 396 g/mol. The molecule has 0 saturated carbocycles. The zero-order valence-corrected chi connectivity index (χ0v) is 14.2. The van der Waals surface area contributed by atoms with E-state index in [0.717, 1.165) is 18.0 Å². The van der Waals surface area contributed by atoms with Crippen molar-refractivity contribution in [2.24, 2.45) is 0 Å². The smallest absolute Gasteiger partial charge is 0.417 e. The Morgan fingerprint density at radius 2 is 2.04 bits per heavy atom. The molecule has 0 amide bonds. The van der Waals surface area contributed by atoms with Crippen molar-refractivity contribution in [1.29, 1.82) is 0 Å². The lowest BCUT2D eigenvalue weighted by molar-refractivity contribution is -0.140. The number of nitrogens with zero attached hydrogens (tertiary/aromatic N) is 3. The molecule has 0 aliphatic rings. The molecule has 2 aromatic rings. The molecule has 11 heteroatoms. The van der Waals surface area contributed by atoms with Gasteiger partial charge in [0, 0.05) is 6.20 Å². The van der Waals surface area contributed by atoms with Crippen LogP contribution in [-0.4, -0.2) is 33.3 Å². The number of hydrogen-bond donors (Lipinski definition) is 0. The third-order valence-electron chi connectivity index (χ3n) is 2.72. The molecule has 0 aliphatic heterocycles. The lowest BCUT2D eigenvalue weighted by Gasteiger charge is -2.09. The van der Waals surface area contributed by atoms with Crippen molar-refractivity contribution in [2.45, 2.75) is 18.1 Å². The topological polar surface area (TPSA) is 65.0 Å². The van der Waals surface area contributed by atoms with Crippen LogP contribution in [0.4, 0.5) is 17.6 Å². The third kappa shape index (κ3) is 5.02.